The van der Waals surface area contributed by atoms with E-state index in [1.807, 2.05) is 54.7 Å². The molecule has 0 N–H and O–H groups in total. The standard InChI is InChI=1S/C17H11N3O/c21-17(14-11-19-20-10-2-1-8-16(14)20)13-5-3-7-15-12(13)6-4-9-18-15/h1-11H. The van der Waals surface area contributed by atoms with Gasteiger partial charge >= 0.3 is 0 Å². The highest BCUT2D eigenvalue weighted by Crippen LogP contribution is 2.21. The molecule has 0 atom stereocenters. The second kappa shape index (κ2) is 4.52. The Bertz CT molecular complexity index is 967. The van der Waals surface area contributed by atoms with Crippen molar-refractivity contribution in [2.24, 2.45) is 0 Å². The van der Waals surface area contributed by atoms with Crippen LogP contribution in [0.2, 0.25) is 0 Å². The van der Waals surface area contributed by atoms with Gasteiger partial charge in [-0.2, -0.15) is 5.10 Å². The zero-order valence-corrected chi connectivity index (χ0v) is 11.1. The van der Waals surface area contributed by atoms with Crippen LogP contribution in [0.1, 0.15) is 15.9 Å². The number of rotatable bonds is 2. The van der Waals surface area contributed by atoms with Gasteiger partial charge < -0.3 is 0 Å². The van der Waals surface area contributed by atoms with E-state index in [0.29, 0.717) is 11.1 Å². The molecule has 0 aliphatic heterocycles. The molecular weight excluding hydrogens is 262 g/mol. The van der Waals surface area contributed by atoms with E-state index in [4.69, 9.17) is 0 Å². The number of benzene rings is 1. The van der Waals surface area contributed by atoms with Gasteiger partial charge in [-0.1, -0.05) is 24.3 Å². The monoisotopic (exact) mass is 273 g/mol. The SMILES string of the molecule is O=C(c1cccc2ncccc12)c1cnn2ccccc12. The van der Waals surface area contributed by atoms with Gasteiger partial charge in [0.1, 0.15) is 0 Å². The van der Waals surface area contributed by atoms with Crippen molar-refractivity contribution in [1.29, 1.82) is 0 Å². The molecule has 0 saturated heterocycles. The maximum atomic E-state index is 12.9. The van der Waals surface area contributed by atoms with Crippen LogP contribution in [-0.4, -0.2) is 20.4 Å². The average molecular weight is 273 g/mol. The van der Waals surface area contributed by atoms with Crippen molar-refractivity contribution >= 4 is 22.2 Å². The highest BCUT2D eigenvalue weighted by Gasteiger charge is 2.16. The Kier molecular flexibility index (Phi) is 2.54. The number of hydrogen-bond acceptors (Lipinski definition) is 3. The van der Waals surface area contributed by atoms with Crippen molar-refractivity contribution < 1.29 is 4.79 Å². The summed E-state index contributed by atoms with van der Waals surface area (Å²) in [6.07, 6.45) is 5.18. The Morgan fingerprint density at radius 1 is 0.952 bits per heavy atom. The fourth-order valence-corrected chi connectivity index (χ4v) is 2.56. The first-order chi connectivity index (χ1) is 10.3. The lowest BCUT2D eigenvalue weighted by Crippen LogP contribution is -2.02. The van der Waals surface area contributed by atoms with Gasteiger partial charge in [0.25, 0.3) is 0 Å². The molecule has 0 radical (unpaired) electrons. The molecule has 4 aromatic rings. The fraction of sp³-hybridized carbons (Fsp3) is 0. The molecular formula is C17H11N3O. The third kappa shape index (κ3) is 1.80. The summed E-state index contributed by atoms with van der Waals surface area (Å²) >= 11 is 0. The van der Waals surface area contributed by atoms with E-state index in [0.717, 1.165) is 16.4 Å². The van der Waals surface area contributed by atoms with E-state index in [1.54, 1.807) is 16.9 Å². The van der Waals surface area contributed by atoms with Crippen molar-refractivity contribution in [1.82, 2.24) is 14.6 Å². The van der Waals surface area contributed by atoms with Crippen LogP contribution in [0.25, 0.3) is 16.4 Å². The molecule has 3 aromatic heterocycles. The summed E-state index contributed by atoms with van der Waals surface area (Å²) in [4.78, 5) is 17.1. The van der Waals surface area contributed by atoms with Crippen LogP contribution in [0.5, 0.6) is 0 Å². The molecule has 0 unspecified atom stereocenters. The first kappa shape index (κ1) is 11.8. The van der Waals surface area contributed by atoms with E-state index < -0.39 is 0 Å². The van der Waals surface area contributed by atoms with Crippen LogP contribution >= 0.6 is 0 Å². The zero-order valence-electron chi connectivity index (χ0n) is 11.1. The van der Waals surface area contributed by atoms with Crippen LogP contribution in [0.3, 0.4) is 0 Å². The molecule has 0 saturated carbocycles. The maximum absolute atomic E-state index is 12.9. The Morgan fingerprint density at radius 3 is 2.86 bits per heavy atom. The van der Waals surface area contributed by atoms with Gasteiger partial charge in [-0.15, -0.1) is 0 Å². The summed E-state index contributed by atoms with van der Waals surface area (Å²) in [6.45, 7) is 0. The zero-order chi connectivity index (χ0) is 14.2. The summed E-state index contributed by atoms with van der Waals surface area (Å²) in [5.74, 6) is -0.0326. The Hall–Kier alpha value is -3.01. The van der Waals surface area contributed by atoms with Crippen LogP contribution in [0.15, 0.2) is 67.1 Å². The lowest BCUT2D eigenvalue weighted by atomic mass is 10.00. The predicted octanol–water partition coefficient (Wildman–Crippen LogP) is 3.11. The topological polar surface area (TPSA) is 47.3 Å². The molecule has 0 aliphatic carbocycles. The van der Waals surface area contributed by atoms with Crippen LogP contribution in [-0.2, 0) is 0 Å². The summed E-state index contributed by atoms with van der Waals surface area (Å²) in [6, 6.07) is 15.0. The second-order valence-corrected chi connectivity index (χ2v) is 4.79. The Morgan fingerprint density at radius 2 is 1.90 bits per heavy atom. The normalized spacial score (nSPS) is 11.0. The number of pyridine rings is 2. The van der Waals surface area contributed by atoms with Crippen molar-refractivity contribution in [3.8, 4) is 0 Å². The van der Waals surface area contributed by atoms with Crippen LogP contribution in [0, 0.1) is 0 Å². The average Bonchev–Trinajstić information content (AvgIpc) is 2.98. The Balaban J connectivity index is 1.95. The van der Waals surface area contributed by atoms with Gasteiger partial charge in [-0.05, 0) is 24.3 Å². The van der Waals surface area contributed by atoms with Gasteiger partial charge in [0, 0.05) is 23.3 Å². The largest absolute Gasteiger partial charge is 0.288 e. The van der Waals surface area contributed by atoms with Gasteiger partial charge in [0.05, 0.1) is 22.8 Å². The maximum Gasteiger partial charge on any atom is 0.197 e. The molecule has 0 fully saturated rings. The molecule has 4 rings (SSSR count). The molecule has 4 heteroatoms. The van der Waals surface area contributed by atoms with Crippen LogP contribution in [0.4, 0.5) is 0 Å². The minimum absolute atomic E-state index is 0.0326. The van der Waals surface area contributed by atoms with Crippen LogP contribution < -0.4 is 0 Å². The number of fused-ring (bicyclic) bond motifs is 2. The van der Waals surface area contributed by atoms with Crippen molar-refractivity contribution in [3.63, 3.8) is 0 Å². The lowest BCUT2D eigenvalue weighted by Gasteiger charge is -2.04. The predicted molar refractivity (Wildman–Crippen MR) is 80.4 cm³/mol. The number of nitrogens with zero attached hydrogens (tertiary/aromatic N) is 3. The molecule has 3 heterocycles. The third-order valence-corrected chi connectivity index (χ3v) is 3.56. The number of carbonyl (C=O) groups is 1. The lowest BCUT2D eigenvalue weighted by molar-refractivity contribution is 0.104. The van der Waals surface area contributed by atoms with Gasteiger partial charge in [-0.3, -0.25) is 9.78 Å². The molecule has 0 bridgehead atoms. The highest BCUT2D eigenvalue weighted by molar-refractivity contribution is 6.18. The second-order valence-electron chi connectivity index (χ2n) is 4.79. The number of hydrogen-bond donors (Lipinski definition) is 0. The summed E-state index contributed by atoms with van der Waals surface area (Å²) in [7, 11) is 0. The van der Waals surface area contributed by atoms with Crippen molar-refractivity contribution in [2.45, 2.75) is 0 Å². The van der Waals surface area contributed by atoms with E-state index >= 15 is 0 Å². The molecule has 1 aromatic carbocycles. The molecule has 0 spiro atoms. The first-order valence-corrected chi connectivity index (χ1v) is 6.65. The highest BCUT2D eigenvalue weighted by atomic mass is 16.1. The number of ketones is 1. The summed E-state index contributed by atoms with van der Waals surface area (Å²) in [5, 5.41) is 5.09. The van der Waals surface area contributed by atoms with Crippen molar-refractivity contribution in [2.75, 3.05) is 0 Å². The molecule has 0 aliphatic rings. The number of carbonyl (C=O) groups excluding carboxylic acids is 1. The quantitative estimate of drug-likeness (QED) is 0.527. The Labute approximate surface area is 120 Å². The van der Waals surface area contributed by atoms with Gasteiger partial charge in [-0.25, -0.2) is 4.52 Å². The van der Waals surface area contributed by atoms with E-state index in [1.165, 1.54) is 0 Å². The molecule has 21 heavy (non-hydrogen) atoms. The minimum atomic E-state index is -0.0326. The van der Waals surface area contributed by atoms with Gasteiger partial charge in [0.15, 0.2) is 5.78 Å². The third-order valence-electron chi connectivity index (χ3n) is 3.56. The fourth-order valence-electron chi connectivity index (χ4n) is 2.56. The number of aromatic nitrogens is 3. The van der Waals surface area contributed by atoms with E-state index in [-0.39, 0.29) is 5.78 Å². The van der Waals surface area contributed by atoms with E-state index in [9.17, 15) is 4.79 Å². The first-order valence-electron chi connectivity index (χ1n) is 6.65. The molecule has 100 valence electrons. The molecule has 0 amide bonds. The van der Waals surface area contributed by atoms with E-state index in [2.05, 4.69) is 10.1 Å². The molecule has 4 nitrogen and oxygen atoms in total. The smallest absolute Gasteiger partial charge is 0.197 e. The van der Waals surface area contributed by atoms with Gasteiger partial charge in [0.2, 0.25) is 0 Å². The van der Waals surface area contributed by atoms with Crippen molar-refractivity contribution in [3.05, 3.63) is 78.2 Å². The summed E-state index contributed by atoms with van der Waals surface area (Å²) < 4.78 is 1.70. The minimum Gasteiger partial charge on any atom is -0.288 e. The summed E-state index contributed by atoms with van der Waals surface area (Å²) in [5.41, 5.74) is 2.88.